The minimum absolute atomic E-state index is 0.0871. The highest BCUT2D eigenvalue weighted by Crippen LogP contribution is 2.24. The number of aliphatic carboxylic acids is 1. The Labute approximate surface area is 151 Å². The first-order chi connectivity index (χ1) is 12.5. The van der Waals surface area contributed by atoms with Crippen LogP contribution in [0.3, 0.4) is 0 Å². The number of piperidine rings is 1. The fourth-order valence-corrected chi connectivity index (χ4v) is 3.45. The minimum Gasteiger partial charge on any atom is -0.481 e. The second-order valence-electron chi connectivity index (χ2n) is 6.72. The van der Waals surface area contributed by atoms with Gasteiger partial charge in [-0.2, -0.15) is 5.10 Å². The van der Waals surface area contributed by atoms with Crippen LogP contribution in [-0.2, 0) is 4.79 Å². The molecule has 1 amide bonds. The first-order valence-corrected chi connectivity index (χ1v) is 8.77. The molecule has 6 nitrogen and oxygen atoms in total. The van der Waals surface area contributed by atoms with Gasteiger partial charge in [-0.15, -0.1) is 0 Å². The molecule has 1 aromatic heterocycles. The zero-order valence-electron chi connectivity index (χ0n) is 14.7. The topological polar surface area (TPSA) is 75.4 Å². The number of carboxylic acids is 1. The molecule has 0 radical (unpaired) electrons. The molecule has 138 valence electrons. The van der Waals surface area contributed by atoms with Crippen molar-refractivity contribution in [3.63, 3.8) is 0 Å². The Hall–Kier alpha value is -2.70. The zero-order valence-corrected chi connectivity index (χ0v) is 14.7. The van der Waals surface area contributed by atoms with Crippen LogP contribution in [0, 0.1) is 18.7 Å². The van der Waals surface area contributed by atoms with E-state index in [1.54, 1.807) is 27.9 Å². The highest BCUT2D eigenvalue weighted by molar-refractivity contribution is 5.95. The molecular weight excluding hydrogens is 337 g/mol. The lowest BCUT2D eigenvalue weighted by atomic mass is 9.93. The maximum absolute atomic E-state index is 13.1. The van der Waals surface area contributed by atoms with Crippen LogP contribution >= 0.6 is 0 Å². The van der Waals surface area contributed by atoms with E-state index in [1.807, 2.05) is 6.92 Å². The summed E-state index contributed by atoms with van der Waals surface area (Å²) < 4.78 is 14.7. The van der Waals surface area contributed by atoms with Gasteiger partial charge in [0.15, 0.2) is 0 Å². The van der Waals surface area contributed by atoms with Crippen LogP contribution in [0.25, 0.3) is 5.69 Å². The molecule has 3 rings (SSSR count). The van der Waals surface area contributed by atoms with Crippen LogP contribution in [0.5, 0.6) is 0 Å². The molecule has 1 saturated heterocycles. The summed E-state index contributed by atoms with van der Waals surface area (Å²) in [6, 6.07) is 5.95. The van der Waals surface area contributed by atoms with Crippen molar-refractivity contribution in [3.8, 4) is 5.69 Å². The number of benzene rings is 1. The summed E-state index contributed by atoms with van der Waals surface area (Å²) in [6.45, 7) is 3.06. The predicted molar refractivity (Wildman–Crippen MR) is 93.8 cm³/mol. The third-order valence-electron chi connectivity index (χ3n) is 4.88. The molecule has 1 fully saturated rings. The van der Waals surface area contributed by atoms with Gasteiger partial charge in [0, 0.05) is 19.5 Å². The van der Waals surface area contributed by atoms with Crippen molar-refractivity contribution in [3.05, 3.63) is 47.5 Å². The van der Waals surface area contributed by atoms with Crippen molar-refractivity contribution in [2.45, 2.75) is 32.6 Å². The van der Waals surface area contributed by atoms with E-state index < -0.39 is 5.97 Å². The average Bonchev–Trinajstić information content (AvgIpc) is 3.02. The Morgan fingerprint density at radius 1 is 1.31 bits per heavy atom. The molecule has 1 aromatic carbocycles. The van der Waals surface area contributed by atoms with Gasteiger partial charge in [0.2, 0.25) is 0 Å². The van der Waals surface area contributed by atoms with E-state index in [0.29, 0.717) is 36.5 Å². The SMILES string of the molecule is Cc1c(C(=O)N2CCC[C@H](CCC(=O)O)C2)cnn1-c1ccc(F)cc1. The van der Waals surface area contributed by atoms with Crippen LogP contribution in [0.4, 0.5) is 4.39 Å². The first kappa shape index (κ1) is 18.1. The molecule has 2 heterocycles. The number of carbonyl (C=O) groups excluding carboxylic acids is 1. The number of aromatic nitrogens is 2. The van der Waals surface area contributed by atoms with Crippen LogP contribution in [0.1, 0.15) is 41.7 Å². The summed E-state index contributed by atoms with van der Waals surface area (Å²) in [5.41, 5.74) is 1.92. The number of carboxylic acid groups (broad SMARTS) is 1. The van der Waals surface area contributed by atoms with Crippen LogP contribution < -0.4 is 0 Å². The lowest BCUT2D eigenvalue weighted by Crippen LogP contribution is -2.40. The largest absolute Gasteiger partial charge is 0.481 e. The molecule has 0 bridgehead atoms. The van der Waals surface area contributed by atoms with E-state index >= 15 is 0 Å². The quantitative estimate of drug-likeness (QED) is 0.890. The average molecular weight is 359 g/mol. The van der Waals surface area contributed by atoms with Gasteiger partial charge in [-0.25, -0.2) is 9.07 Å². The number of nitrogens with zero attached hydrogens (tertiary/aromatic N) is 3. The summed E-state index contributed by atoms with van der Waals surface area (Å²) in [5, 5.41) is 13.1. The molecule has 26 heavy (non-hydrogen) atoms. The molecule has 0 aliphatic carbocycles. The maximum Gasteiger partial charge on any atom is 0.303 e. The van der Waals surface area contributed by atoms with Crippen LogP contribution in [0.2, 0.25) is 0 Å². The second-order valence-corrected chi connectivity index (χ2v) is 6.72. The van der Waals surface area contributed by atoms with Crippen molar-refractivity contribution in [2.75, 3.05) is 13.1 Å². The Kier molecular flexibility index (Phi) is 5.35. The molecule has 0 saturated carbocycles. The van der Waals surface area contributed by atoms with Gasteiger partial charge < -0.3 is 10.0 Å². The van der Waals surface area contributed by atoms with Gasteiger partial charge in [-0.3, -0.25) is 9.59 Å². The highest BCUT2D eigenvalue weighted by atomic mass is 19.1. The molecule has 1 aliphatic heterocycles. The van der Waals surface area contributed by atoms with E-state index in [-0.39, 0.29) is 24.1 Å². The van der Waals surface area contributed by atoms with Crippen molar-refractivity contribution in [2.24, 2.45) is 5.92 Å². The molecular formula is C19H22FN3O3. The van der Waals surface area contributed by atoms with E-state index in [1.165, 1.54) is 12.1 Å². The van der Waals surface area contributed by atoms with Crippen LogP contribution in [-0.4, -0.2) is 44.8 Å². The fraction of sp³-hybridized carbons (Fsp3) is 0.421. The normalized spacial score (nSPS) is 17.3. The van der Waals surface area contributed by atoms with Gasteiger partial charge in [0.05, 0.1) is 23.1 Å². The second kappa shape index (κ2) is 7.68. The number of halogens is 1. The summed E-state index contributed by atoms with van der Waals surface area (Å²) in [5.74, 6) is -0.993. The molecule has 1 atom stereocenters. The number of likely N-dealkylation sites (tertiary alicyclic amines) is 1. The monoisotopic (exact) mass is 359 g/mol. The number of hydrogen-bond acceptors (Lipinski definition) is 3. The first-order valence-electron chi connectivity index (χ1n) is 8.77. The lowest BCUT2D eigenvalue weighted by molar-refractivity contribution is -0.137. The van der Waals surface area contributed by atoms with Crippen molar-refractivity contribution in [1.29, 1.82) is 0 Å². The zero-order chi connectivity index (χ0) is 18.7. The van der Waals surface area contributed by atoms with E-state index in [4.69, 9.17) is 5.11 Å². The fourth-order valence-electron chi connectivity index (χ4n) is 3.45. The Morgan fingerprint density at radius 2 is 2.04 bits per heavy atom. The standard InChI is InChI=1S/C19H22FN3O3/c1-13-17(11-21-23(13)16-7-5-15(20)6-8-16)19(26)22-10-2-3-14(12-22)4-9-18(24)25/h5-8,11,14H,2-4,9-10,12H2,1H3,(H,24,25)/t14-/m1/s1. The Morgan fingerprint density at radius 3 is 2.73 bits per heavy atom. The van der Waals surface area contributed by atoms with E-state index in [2.05, 4.69) is 5.10 Å². The Bertz CT molecular complexity index is 801. The lowest BCUT2D eigenvalue weighted by Gasteiger charge is -2.32. The van der Waals surface area contributed by atoms with Crippen molar-refractivity contribution in [1.82, 2.24) is 14.7 Å². The number of hydrogen-bond donors (Lipinski definition) is 1. The van der Waals surface area contributed by atoms with Gasteiger partial charge in [0.1, 0.15) is 5.82 Å². The smallest absolute Gasteiger partial charge is 0.303 e. The minimum atomic E-state index is -0.801. The summed E-state index contributed by atoms with van der Waals surface area (Å²) in [7, 11) is 0. The molecule has 2 aromatic rings. The van der Waals surface area contributed by atoms with E-state index in [9.17, 15) is 14.0 Å². The van der Waals surface area contributed by atoms with Gasteiger partial charge in [-0.05, 0) is 56.4 Å². The van der Waals surface area contributed by atoms with Crippen molar-refractivity contribution < 1.29 is 19.1 Å². The van der Waals surface area contributed by atoms with Crippen LogP contribution in [0.15, 0.2) is 30.5 Å². The molecule has 1 N–H and O–H groups in total. The third kappa shape index (κ3) is 3.92. The highest BCUT2D eigenvalue weighted by Gasteiger charge is 2.27. The molecule has 1 aliphatic rings. The molecule has 0 unspecified atom stereocenters. The number of amides is 1. The van der Waals surface area contributed by atoms with Crippen molar-refractivity contribution >= 4 is 11.9 Å². The van der Waals surface area contributed by atoms with Gasteiger partial charge >= 0.3 is 5.97 Å². The molecule has 0 spiro atoms. The summed E-state index contributed by atoms with van der Waals surface area (Å²) in [4.78, 5) is 25.5. The number of rotatable bonds is 5. The van der Waals surface area contributed by atoms with Gasteiger partial charge in [-0.1, -0.05) is 0 Å². The third-order valence-corrected chi connectivity index (χ3v) is 4.88. The molecule has 7 heteroatoms. The van der Waals surface area contributed by atoms with E-state index in [0.717, 1.165) is 12.8 Å². The summed E-state index contributed by atoms with van der Waals surface area (Å²) in [6.07, 6.45) is 4.09. The maximum atomic E-state index is 13.1. The van der Waals surface area contributed by atoms with Gasteiger partial charge in [0.25, 0.3) is 5.91 Å². The summed E-state index contributed by atoms with van der Waals surface area (Å²) >= 11 is 0. The number of carbonyl (C=O) groups is 2. The Balaban J connectivity index is 1.73. The predicted octanol–water partition coefficient (Wildman–Crippen LogP) is 3.04.